The van der Waals surface area contributed by atoms with Crippen molar-refractivity contribution in [1.29, 1.82) is 0 Å². The summed E-state index contributed by atoms with van der Waals surface area (Å²) in [4.78, 5) is 30.9. The van der Waals surface area contributed by atoms with E-state index in [1.165, 1.54) is 40.0 Å². The minimum absolute atomic E-state index is 0.0203. The second-order valence-electron chi connectivity index (χ2n) is 6.85. The zero-order valence-corrected chi connectivity index (χ0v) is 17.7. The van der Waals surface area contributed by atoms with E-state index in [9.17, 15) is 14.0 Å². The lowest BCUT2D eigenvalue weighted by molar-refractivity contribution is -0.118. The summed E-state index contributed by atoms with van der Waals surface area (Å²) < 4.78 is 14.9. The van der Waals surface area contributed by atoms with Crippen molar-refractivity contribution in [2.45, 2.75) is 13.0 Å². The predicted molar refractivity (Wildman–Crippen MR) is 119 cm³/mol. The van der Waals surface area contributed by atoms with Gasteiger partial charge in [0.25, 0.3) is 0 Å². The van der Waals surface area contributed by atoms with E-state index in [1.54, 1.807) is 6.92 Å². The van der Waals surface area contributed by atoms with Crippen LogP contribution in [0.1, 0.15) is 22.3 Å². The van der Waals surface area contributed by atoms with Gasteiger partial charge in [-0.25, -0.2) is 14.1 Å². The van der Waals surface area contributed by atoms with Crippen molar-refractivity contribution < 1.29 is 14.0 Å². The quantitative estimate of drug-likeness (QED) is 0.413. The summed E-state index contributed by atoms with van der Waals surface area (Å²) in [6.07, 6.45) is 1.50. The summed E-state index contributed by atoms with van der Waals surface area (Å²) in [5.74, 6) is -1.54. The van der Waals surface area contributed by atoms with Crippen molar-refractivity contribution in [1.82, 2.24) is 20.0 Å². The third-order valence-corrected chi connectivity index (χ3v) is 5.77. The zero-order chi connectivity index (χ0) is 22.8. The maximum absolute atomic E-state index is 13.4. The number of amides is 1. The summed E-state index contributed by atoms with van der Waals surface area (Å²) in [7, 11) is 0. The Bertz CT molecular complexity index is 1270. The highest BCUT2D eigenvalue weighted by Gasteiger charge is 2.28. The Hall–Kier alpha value is -4.12. The molecule has 2 aromatic heterocycles. The van der Waals surface area contributed by atoms with Gasteiger partial charge in [-0.15, -0.1) is 5.10 Å². The molecule has 1 unspecified atom stereocenters. The van der Waals surface area contributed by atoms with Crippen LogP contribution in [-0.2, 0) is 4.79 Å². The molecule has 2 heterocycles. The molecule has 0 aliphatic rings. The molecule has 0 saturated heterocycles. The summed E-state index contributed by atoms with van der Waals surface area (Å²) in [6, 6.07) is 13.9. The van der Waals surface area contributed by atoms with Crippen LogP contribution in [0.2, 0.25) is 0 Å². The number of nitrogens with two attached hydrogens (primary N) is 2. The standard InChI is InChI=1S/C21H18FN7O2S/c1-12(20(24)31)29(15-9-7-13(22)8-10-15)21-25-19(23)18(32-21)17(30)16-11-28(27-26-16)14-5-3-2-4-6-14/h2-12H,23H2,1H3,(H2,24,31). The molecule has 32 heavy (non-hydrogen) atoms. The SMILES string of the molecule is CC(C(N)=O)N(c1ccc(F)cc1)c1nc(N)c(C(=O)c2cn(-c3ccccc3)nn2)s1. The van der Waals surface area contributed by atoms with Crippen LogP contribution in [0.3, 0.4) is 0 Å². The molecule has 4 aromatic rings. The predicted octanol–water partition coefficient (Wildman–Crippen LogP) is 2.69. The number of halogens is 1. The second kappa shape index (κ2) is 8.55. The number of aromatic nitrogens is 4. The molecule has 4 N–H and O–H groups in total. The van der Waals surface area contributed by atoms with Crippen LogP contribution < -0.4 is 16.4 Å². The Kier molecular flexibility index (Phi) is 5.65. The highest BCUT2D eigenvalue weighted by molar-refractivity contribution is 7.18. The Balaban J connectivity index is 1.69. The summed E-state index contributed by atoms with van der Waals surface area (Å²) in [6.45, 7) is 1.58. The molecule has 0 fully saturated rings. The van der Waals surface area contributed by atoms with Gasteiger partial charge in [-0.1, -0.05) is 34.7 Å². The molecule has 0 saturated carbocycles. The third-order valence-electron chi connectivity index (χ3n) is 4.71. The number of benzene rings is 2. The first-order valence-corrected chi connectivity index (χ1v) is 10.3. The number of anilines is 3. The van der Waals surface area contributed by atoms with E-state index >= 15 is 0 Å². The van der Waals surface area contributed by atoms with Crippen LogP contribution >= 0.6 is 11.3 Å². The maximum atomic E-state index is 13.4. The molecule has 162 valence electrons. The zero-order valence-electron chi connectivity index (χ0n) is 16.8. The molecule has 2 aromatic carbocycles. The molecule has 0 bridgehead atoms. The van der Waals surface area contributed by atoms with Crippen LogP contribution in [0.5, 0.6) is 0 Å². The van der Waals surface area contributed by atoms with Gasteiger partial charge >= 0.3 is 0 Å². The van der Waals surface area contributed by atoms with Gasteiger partial charge in [-0.05, 0) is 43.3 Å². The number of rotatable bonds is 7. The van der Waals surface area contributed by atoms with Crippen LogP contribution in [0.25, 0.3) is 5.69 Å². The van der Waals surface area contributed by atoms with Crippen molar-refractivity contribution >= 4 is 39.7 Å². The molecular weight excluding hydrogens is 433 g/mol. The first-order chi connectivity index (χ1) is 15.3. The van der Waals surface area contributed by atoms with E-state index in [0.29, 0.717) is 5.69 Å². The Labute approximate surface area is 186 Å². The lowest BCUT2D eigenvalue weighted by Crippen LogP contribution is -2.39. The minimum Gasteiger partial charge on any atom is -0.382 e. The van der Waals surface area contributed by atoms with E-state index in [2.05, 4.69) is 15.3 Å². The smallest absolute Gasteiger partial charge is 0.240 e. The number of carbonyl (C=O) groups is 2. The first-order valence-electron chi connectivity index (χ1n) is 9.48. The van der Waals surface area contributed by atoms with Crippen LogP contribution in [0, 0.1) is 5.82 Å². The fraction of sp³-hybridized carbons (Fsp3) is 0.0952. The average Bonchev–Trinajstić information content (AvgIpc) is 3.43. The number of ketones is 1. The molecule has 0 radical (unpaired) electrons. The summed E-state index contributed by atoms with van der Waals surface area (Å²) >= 11 is 0.982. The molecule has 0 aliphatic heterocycles. The fourth-order valence-electron chi connectivity index (χ4n) is 3.01. The van der Waals surface area contributed by atoms with E-state index in [4.69, 9.17) is 11.5 Å². The Morgan fingerprint density at radius 2 is 1.81 bits per heavy atom. The number of hydrogen-bond donors (Lipinski definition) is 2. The Morgan fingerprint density at radius 1 is 1.12 bits per heavy atom. The van der Waals surface area contributed by atoms with Crippen molar-refractivity contribution in [2.75, 3.05) is 10.6 Å². The molecule has 4 rings (SSSR count). The van der Waals surface area contributed by atoms with Crippen molar-refractivity contribution in [2.24, 2.45) is 5.73 Å². The van der Waals surface area contributed by atoms with Gasteiger partial charge in [0.1, 0.15) is 22.6 Å². The largest absolute Gasteiger partial charge is 0.382 e. The Morgan fingerprint density at radius 3 is 2.47 bits per heavy atom. The van der Waals surface area contributed by atoms with Gasteiger partial charge in [-0.3, -0.25) is 9.59 Å². The average molecular weight is 451 g/mol. The van der Waals surface area contributed by atoms with E-state index in [1.807, 2.05) is 30.3 Å². The lowest BCUT2D eigenvalue weighted by Gasteiger charge is -2.26. The third kappa shape index (κ3) is 4.05. The van der Waals surface area contributed by atoms with Gasteiger partial charge in [0.2, 0.25) is 11.7 Å². The fourth-order valence-corrected chi connectivity index (χ4v) is 4.04. The minimum atomic E-state index is -0.826. The maximum Gasteiger partial charge on any atom is 0.240 e. The number of thiazole rings is 1. The highest BCUT2D eigenvalue weighted by Crippen LogP contribution is 2.35. The van der Waals surface area contributed by atoms with Crippen LogP contribution in [-0.4, -0.2) is 37.7 Å². The van der Waals surface area contributed by atoms with Crippen LogP contribution in [0.15, 0.2) is 60.8 Å². The van der Waals surface area contributed by atoms with Gasteiger partial charge in [0, 0.05) is 5.69 Å². The normalized spacial score (nSPS) is 11.8. The highest BCUT2D eigenvalue weighted by atomic mass is 32.1. The lowest BCUT2D eigenvalue weighted by atomic mass is 10.2. The number of nitrogen functional groups attached to an aromatic ring is 1. The molecular formula is C21H18FN7O2S. The second-order valence-corrected chi connectivity index (χ2v) is 7.83. The number of carbonyl (C=O) groups excluding carboxylic acids is 2. The molecule has 1 atom stereocenters. The molecule has 9 nitrogen and oxygen atoms in total. The van der Waals surface area contributed by atoms with E-state index < -0.39 is 23.5 Å². The molecule has 0 aliphatic carbocycles. The van der Waals surface area contributed by atoms with Gasteiger partial charge in [0.05, 0.1) is 11.9 Å². The van der Waals surface area contributed by atoms with Gasteiger partial charge in [-0.2, -0.15) is 0 Å². The topological polar surface area (TPSA) is 133 Å². The molecule has 11 heteroatoms. The summed E-state index contributed by atoms with van der Waals surface area (Å²) in [5.41, 5.74) is 12.8. The van der Waals surface area contributed by atoms with Gasteiger partial charge < -0.3 is 16.4 Å². The van der Waals surface area contributed by atoms with Crippen molar-refractivity contribution in [3.8, 4) is 5.69 Å². The first kappa shape index (κ1) is 21.1. The number of para-hydroxylation sites is 1. The number of primary amides is 1. The molecule has 1 amide bonds. The van der Waals surface area contributed by atoms with E-state index in [-0.39, 0.29) is 21.5 Å². The van der Waals surface area contributed by atoms with Crippen LogP contribution in [0.4, 0.5) is 21.0 Å². The van der Waals surface area contributed by atoms with Gasteiger partial charge in [0.15, 0.2) is 10.8 Å². The van der Waals surface area contributed by atoms with E-state index in [0.717, 1.165) is 17.0 Å². The van der Waals surface area contributed by atoms with Crippen molar-refractivity contribution in [3.05, 3.63) is 77.2 Å². The monoisotopic (exact) mass is 451 g/mol. The number of nitrogens with zero attached hydrogens (tertiary/aromatic N) is 5. The summed E-state index contributed by atoms with van der Waals surface area (Å²) in [5, 5.41) is 8.21. The molecule has 0 spiro atoms. The number of hydrogen-bond acceptors (Lipinski definition) is 8. The van der Waals surface area contributed by atoms with Crippen molar-refractivity contribution in [3.63, 3.8) is 0 Å².